The molecule has 364 valence electrons. The number of carbonyl (C=O) groups is 3. The fourth-order valence-corrected chi connectivity index (χ4v) is 10.5. The number of carbonyl (C=O) groups excluding carboxylic acids is 3. The van der Waals surface area contributed by atoms with Gasteiger partial charge in [-0.1, -0.05) is 200 Å². The predicted molar refractivity (Wildman–Crippen MR) is 272 cm³/mol. The molecule has 1 fully saturated rings. The van der Waals surface area contributed by atoms with Crippen molar-refractivity contribution in [1.82, 2.24) is 4.90 Å². The molecule has 60 heavy (non-hydrogen) atoms. The van der Waals surface area contributed by atoms with E-state index in [1.807, 2.05) is 21.0 Å². The first-order valence-corrected chi connectivity index (χ1v) is 25.4. The smallest absolute Gasteiger partial charge is 0.225 e. The zero-order valence-corrected chi connectivity index (χ0v) is 47.0. The highest BCUT2D eigenvalue weighted by Gasteiger charge is 2.47. The van der Waals surface area contributed by atoms with Crippen LogP contribution in [0.3, 0.4) is 0 Å². The summed E-state index contributed by atoms with van der Waals surface area (Å²) in [6.07, 6.45) is 6.29. The fourth-order valence-electron chi connectivity index (χ4n) is 10.5. The van der Waals surface area contributed by atoms with Crippen LogP contribution in [0.15, 0.2) is 0 Å². The van der Waals surface area contributed by atoms with Crippen molar-refractivity contribution in [2.75, 3.05) is 14.1 Å². The van der Waals surface area contributed by atoms with E-state index in [1.165, 1.54) is 25.7 Å². The van der Waals surface area contributed by atoms with Gasteiger partial charge >= 0.3 is 0 Å². The Kier molecular flexibility index (Phi) is 39.8. The lowest BCUT2D eigenvalue weighted by Gasteiger charge is -2.26. The van der Waals surface area contributed by atoms with Gasteiger partial charge in [0.1, 0.15) is 11.6 Å². The van der Waals surface area contributed by atoms with Gasteiger partial charge in [-0.25, -0.2) is 0 Å². The summed E-state index contributed by atoms with van der Waals surface area (Å²) in [7, 11) is 3.64. The summed E-state index contributed by atoms with van der Waals surface area (Å²) in [6, 6.07) is 0. The number of rotatable bonds is 18. The van der Waals surface area contributed by atoms with Gasteiger partial charge in [0.2, 0.25) is 5.91 Å². The number of ketones is 2. The molecule has 1 aliphatic carbocycles. The molecule has 0 spiro atoms. The van der Waals surface area contributed by atoms with E-state index in [1.54, 1.807) is 11.8 Å². The summed E-state index contributed by atoms with van der Waals surface area (Å²) in [4.78, 5) is 35.8. The van der Waals surface area contributed by atoms with Crippen LogP contribution in [0.5, 0.6) is 0 Å². The van der Waals surface area contributed by atoms with Gasteiger partial charge in [-0.3, -0.25) is 14.4 Å². The van der Waals surface area contributed by atoms with Crippen molar-refractivity contribution in [3.63, 3.8) is 0 Å². The molecule has 0 aromatic heterocycles. The molecule has 0 aromatic rings. The molecular formula is C56H117NO3. The number of amides is 1. The van der Waals surface area contributed by atoms with E-state index in [2.05, 4.69) is 180 Å². The van der Waals surface area contributed by atoms with Gasteiger partial charge in [-0.15, -0.1) is 0 Å². The average Bonchev–Trinajstić information content (AvgIpc) is 3.88. The minimum absolute atomic E-state index is 0.167. The first-order chi connectivity index (χ1) is 27.1. The molecule has 0 aromatic carbocycles. The van der Waals surface area contributed by atoms with E-state index in [4.69, 9.17) is 0 Å². The van der Waals surface area contributed by atoms with Crippen molar-refractivity contribution in [2.24, 2.45) is 106 Å². The minimum atomic E-state index is 0.167. The van der Waals surface area contributed by atoms with Gasteiger partial charge in [0.05, 0.1) is 0 Å². The average molecular weight is 853 g/mol. The third-order valence-corrected chi connectivity index (χ3v) is 13.7. The molecule has 0 bridgehead atoms. The highest BCUT2D eigenvalue weighted by molar-refractivity contribution is 5.81. The molecule has 0 radical (unpaired) electrons. The van der Waals surface area contributed by atoms with Crippen LogP contribution >= 0.6 is 0 Å². The summed E-state index contributed by atoms with van der Waals surface area (Å²) in [6.45, 7) is 61.4. The lowest BCUT2D eigenvalue weighted by atomic mass is 9.81. The van der Waals surface area contributed by atoms with E-state index in [-0.39, 0.29) is 23.7 Å². The van der Waals surface area contributed by atoms with Crippen LogP contribution in [-0.2, 0) is 14.4 Å². The Morgan fingerprint density at radius 1 is 0.417 bits per heavy atom. The van der Waals surface area contributed by atoms with Crippen molar-refractivity contribution in [3.8, 4) is 0 Å². The summed E-state index contributed by atoms with van der Waals surface area (Å²) in [5.74, 6) is 11.5. The molecule has 1 aliphatic rings. The molecule has 0 N–H and O–H groups in total. The SMILES string of the molecule is CC(=O)C(C(C)C)C(C)C.CC(C)C(C(=O)N(C)C)C(C)C.CC(C)C1(C(C)C)CC1.CCC(=O)C(C(C)C)C(C)C.CCC(C(C)C)C(C)C.CCC(C(C)C)C(C)C. The fraction of sp³-hybridized carbons (Fsp3) is 0.946. The van der Waals surface area contributed by atoms with E-state index in [0.717, 1.165) is 52.8 Å². The molecule has 1 amide bonds. The maximum Gasteiger partial charge on any atom is 0.225 e. The number of hydrogen-bond acceptors (Lipinski definition) is 3. The van der Waals surface area contributed by atoms with Crippen LogP contribution in [0.25, 0.3) is 0 Å². The van der Waals surface area contributed by atoms with Gasteiger partial charge in [0, 0.05) is 38.3 Å². The zero-order chi connectivity index (χ0) is 49.2. The maximum atomic E-state index is 11.7. The third-order valence-electron chi connectivity index (χ3n) is 13.7. The van der Waals surface area contributed by atoms with Crippen LogP contribution < -0.4 is 0 Å². The van der Waals surface area contributed by atoms with Crippen LogP contribution in [0, 0.1) is 106 Å². The number of nitrogens with zero attached hydrogens (tertiary/aromatic N) is 1. The van der Waals surface area contributed by atoms with E-state index in [9.17, 15) is 14.4 Å². The lowest BCUT2D eigenvalue weighted by Crippen LogP contribution is -2.35. The Balaban J connectivity index is -0.000000202. The van der Waals surface area contributed by atoms with E-state index in [0.29, 0.717) is 53.5 Å². The summed E-state index contributed by atoms with van der Waals surface area (Å²) in [5.41, 5.74) is 0.750. The van der Waals surface area contributed by atoms with Crippen LogP contribution in [0.1, 0.15) is 226 Å². The van der Waals surface area contributed by atoms with E-state index < -0.39 is 0 Å². The van der Waals surface area contributed by atoms with Crippen molar-refractivity contribution in [2.45, 2.75) is 226 Å². The molecule has 1 saturated carbocycles. The van der Waals surface area contributed by atoms with Gasteiger partial charge < -0.3 is 4.90 Å². The summed E-state index contributed by atoms with van der Waals surface area (Å²) in [5, 5.41) is 0. The number of hydrogen-bond donors (Lipinski definition) is 0. The molecule has 0 aliphatic heterocycles. The van der Waals surface area contributed by atoms with Crippen LogP contribution in [-0.4, -0.2) is 36.5 Å². The van der Waals surface area contributed by atoms with Crippen molar-refractivity contribution >= 4 is 17.5 Å². The monoisotopic (exact) mass is 852 g/mol. The van der Waals surface area contributed by atoms with Crippen molar-refractivity contribution < 1.29 is 14.4 Å². The van der Waals surface area contributed by atoms with Gasteiger partial charge in [0.15, 0.2) is 0 Å². The van der Waals surface area contributed by atoms with Crippen molar-refractivity contribution in [3.05, 3.63) is 0 Å². The Labute approximate surface area is 381 Å². The maximum absolute atomic E-state index is 11.7. The second-order valence-electron chi connectivity index (χ2n) is 22.9. The molecule has 0 heterocycles. The highest BCUT2D eigenvalue weighted by Crippen LogP contribution is 2.57. The Morgan fingerprint density at radius 2 is 0.667 bits per heavy atom. The normalized spacial score (nSPS) is 13.4. The highest BCUT2D eigenvalue weighted by atomic mass is 16.2. The molecular weight excluding hydrogens is 735 g/mol. The van der Waals surface area contributed by atoms with E-state index >= 15 is 0 Å². The second kappa shape index (κ2) is 35.2. The zero-order valence-electron chi connectivity index (χ0n) is 47.0. The topological polar surface area (TPSA) is 54.5 Å². The Hall–Kier alpha value is -1.19. The molecule has 1 rings (SSSR count). The molecule has 0 saturated heterocycles. The first kappa shape index (κ1) is 67.9. The molecule has 4 nitrogen and oxygen atoms in total. The molecule has 0 atom stereocenters. The predicted octanol–water partition coefficient (Wildman–Crippen LogP) is 17.1. The van der Waals surface area contributed by atoms with Gasteiger partial charge in [0.25, 0.3) is 0 Å². The summed E-state index contributed by atoms with van der Waals surface area (Å²) >= 11 is 0. The van der Waals surface area contributed by atoms with Gasteiger partial charge in [-0.2, -0.15) is 0 Å². The van der Waals surface area contributed by atoms with Gasteiger partial charge in [-0.05, 0) is 108 Å². The third kappa shape index (κ3) is 29.2. The van der Waals surface area contributed by atoms with Crippen molar-refractivity contribution in [1.29, 1.82) is 0 Å². The number of Topliss-reactive ketones (excluding diaryl/α,β-unsaturated/α-hetero) is 2. The first-order valence-electron chi connectivity index (χ1n) is 25.4. The lowest BCUT2D eigenvalue weighted by molar-refractivity contribution is -0.136. The quantitative estimate of drug-likeness (QED) is 0.138. The second-order valence-corrected chi connectivity index (χ2v) is 22.9. The van der Waals surface area contributed by atoms with Crippen LogP contribution in [0.4, 0.5) is 0 Å². The Morgan fingerprint density at radius 3 is 0.700 bits per heavy atom. The molecule has 0 unspecified atom stereocenters. The van der Waals surface area contributed by atoms with Crippen LogP contribution in [0.2, 0.25) is 0 Å². The largest absolute Gasteiger partial charge is 0.349 e. The minimum Gasteiger partial charge on any atom is -0.349 e. The molecule has 4 heteroatoms. The Bertz CT molecular complexity index is 969. The summed E-state index contributed by atoms with van der Waals surface area (Å²) < 4.78 is 0. The standard InChI is InChI=1S/C10H21NO.C10H20O.C9H18O.C9H18.2C9H20/c1-7(2)9(8(3)4)10(12)11(5)6;1-6-9(11)10(7(2)3)8(4)5;1-6(2)9(7(3)4)8(5)10;1-7(2)9(5-6-9)8(3)4;2*1-6-9(7(2)3)8(4)5/h7-9H,1-6H3;7-8,10H,6H2,1-5H3;6-7,9H,1-5H3;7-8H,5-6H2,1-4H3;2*7-9H,6H2,1-5H3.